The van der Waals surface area contributed by atoms with Crippen LogP contribution in [0.4, 0.5) is 0 Å². The highest BCUT2D eigenvalue weighted by Crippen LogP contribution is 2.38. The predicted octanol–water partition coefficient (Wildman–Crippen LogP) is 3.23. The third-order valence-electron chi connectivity index (χ3n) is 4.22. The van der Waals surface area contributed by atoms with Crippen LogP contribution in [0.5, 0.6) is 5.75 Å². The van der Waals surface area contributed by atoms with Crippen LogP contribution in [0.1, 0.15) is 54.4 Å². The number of rotatable bonds is 5. The Morgan fingerprint density at radius 3 is 2.73 bits per heavy atom. The van der Waals surface area contributed by atoms with E-state index in [4.69, 9.17) is 9.47 Å². The summed E-state index contributed by atoms with van der Waals surface area (Å²) >= 11 is 0. The molecule has 1 aromatic carbocycles. The van der Waals surface area contributed by atoms with Gasteiger partial charge in [0.2, 0.25) is 0 Å². The van der Waals surface area contributed by atoms with Crippen molar-refractivity contribution < 1.29 is 24.2 Å². The molecule has 2 atom stereocenters. The summed E-state index contributed by atoms with van der Waals surface area (Å²) in [6.45, 7) is 2.20. The summed E-state index contributed by atoms with van der Waals surface area (Å²) in [6, 6.07) is 5.25. The summed E-state index contributed by atoms with van der Waals surface area (Å²) in [5, 5.41) is 9.28. The largest absolute Gasteiger partial charge is 0.496 e. The second-order valence-corrected chi connectivity index (χ2v) is 5.58. The number of hydrogen-bond donors (Lipinski definition) is 1. The van der Waals surface area contributed by atoms with E-state index in [0.717, 1.165) is 24.8 Å². The maximum Gasteiger partial charge on any atom is 0.339 e. The lowest BCUT2D eigenvalue weighted by atomic mass is 9.77. The molecular formula is C17H22O5. The van der Waals surface area contributed by atoms with E-state index >= 15 is 0 Å². The van der Waals surface area contributed by atoms with Gasteiger partial charge in [-0.05, 0) is 49.8 Å². The van der Waals surface area contributed by atoms with Gasteiger partial charge in [0.15, 0.2) is 0 Å². The normalized spacial score (nSPS) is 21.2. The first-order valence-corrected chi connectivity index (χ1v) is 7.64. The van der Waals surface area contributed by atoms with Gasteiger partial charge in [-0.3, -0.25) is 4.79 Å². The molecule has 0 aromatic heterocycles. The quantitative estimate of drug-likeness (QED) is 0.845. The summed E-state index contributed by atoms with van der Waals surface area (Å²) in [7, 11) is 1.46. The number of carbonyl (C=O) groups is 2. The van der Waals surface area contributed by atoms with E-state index in [-0.39, 0.29) is 23.4 Å². The minimum Gasteiger partial charge on any atom is -0.496 e. The van der Waals surface area contributed by atoms with Gasteiger partial charge in [0, 0.05) is 0 Å². The van der Waals surface area contributed by atoms with Crippen LogP contribution in [0.2, 0.25) is 0 Å². The van der Waals surface area contributed by atoms with Crippen molar-refractivity contribution in [1.29, 1.82) is 0 Å². The van der Waals surface area contributed by atoms with Gasteiger partial charge < -0.3 is 14.6 Å². The molecule has 1 aromatic rings. The zero-order valence-corrected chi connectivity index (χ0v) is 13.0. The van der Waals surface area contributed by atoms with Crippen LogP contribution in [-0.4, -0.2) is 30.8 Å². The van der Waals surface area contributed by atoms with Gasteiger partial charge in [-0.25, -0.2) is 4.79 Å². The zero-order chi connectivity index (χ0) is 16.1. The van der Waals surface area contributed by atoms with Gasteiger partial charge in [-0.2, -0.15) is 0 Å². The molecule has 1 aliphatic rings. The molecule has 0 heterocycles. The van der Waals surface area contributed by atoms with E-state index < -0.39 is 5.97 Å². The maximum atomic E-state index is 11.9. The number of esters is 1. The Morgan fingerprint density at radius 2 is 2.09 bits per heavy atom. The molecule has 1 saturated carbocycles. The number of ether oxygens (including phenoxy) is 2. The second kappa shape index (κ2) is 7.29. The van der Waals surface area contributed by atoms with Crippen LogP contribution in [0, 0.1) is 5.92 Å². The van der Waals surface area contributed by atoms with E-state index in [1.807, 2.05) is 6.07 Å². The van der Waals surface area contributed by atoms with Crippen LogP contribution < -0.4 is 4.74 Å². The minimum absolute atomic E-state index is 0.0888. The summed E-state index contributed by atoms with van der Waals surface area (Å²) in [6.07, 6.45) is 3.46. The first-order valence-electron chi connectivity index (χ1n) is 7.64. The Bertz CT molecular complexity index is 552. The molecule has 1 fully saturated rings. The van der Waals surface area contributed by atoms with Gasteiger partial charge in [0.1, 0.15) is 11.3 Å². The predicted molar refractivity (Wildman–Crippen MR) is 81.3 cm³/mol. The van der Waals surface area contributed by atoms with Crippen molar-refractivity contribution in [2.45, 2.75) is 38.5 Å². The summed E-state index contributed by atoms with van der Waals surface area (Å²) < 4.78 is 10.2. The highest BCUT2D eigenvalue weighted by molar-refractivity contribution is 5.91. The molecule has 1 N–H and O–H groups in total. The van der Waals surface area contributed by atoms with Crippen LogP contribution in [0.15, 0.2) is 18.2 Å². The number of hydrogen-bond acceptors (Lipinski definition) is 4. The lowest BCUT2D eigenvalue weighted by molar-refractivity contribution is -0.149. The highest BCUT2D eigenvalue weighted by Gasteiger charge is 2.29. The van der Waals surface area contributed by atoms with Crippen molar-refractivity contribution in [2.24, 2.45) is 5.92 Å². The highest BCUT2D eigenvalue weighted by atomic mass is 16.5. The SMILES string of the molecule is CCOC(=O)C1CCCC(c2ccc(OC)c(C(=O)O)c2)C1. The fourth-order valence-electron chi connectivity index (χ4n) is 3.11. The topological polar surface area (TPSA) is 72.8 Å². The van der Waals surface area contributed by atoms with E-state index in [0.29, 0.717) is 18.8 Å². The first kappa shape index (κ1) is 16.3. The van der Waals surface area contributed by atoms with E-state index in [9.17, 15) is 14.7 Å². The third kappa shape index (κ3) is 3.59. The van der Waals surface area contributed by atoms with Gasteiger partial charge in [-0.15, -0.1) is 0 Å². The molecule has 0 aliphatic heterocycles. The van der Waals surface area contributed by atoms with Crippen molar-refractivity contribution in [1.82, 2.24) is 0 Å². The average Bonchev–Trinajstić information content (AvgIpc) is 2.54. The Balaban J connectivity index is 2.18. The van der Waals surface area contributed by atoms with Crippen LogP contribution in [0.3, 0.4) is 0 Å². The smallest absolute Gasteiger partial charge is 0.339 e. The van der Waals surface area contributed by atoms with Crippen molar-refractivity contribution in [3.63, 3.8) is 0 Å². The van der Waals surface area contributed by atoms with Crippen molar-refractivity contribution in [3.8, 4) is 5.75 Å². The number of carbonyl (C=O) groups excluding carboxylic acids is 1. The molecule has 0 radical (unpaired) electrons. The molecule has 5 heteroatoms. The van der Waals surface area contributed by atoms with E-state index in [1.54, 1.807) is 19.1 Å². The molecule has 1 aliphatic carbocycles. The minimum atomic E-state index is -1.00. The summed E-state index contributed by atoms with van der Waals surface area (Å²) in [5.74, 6) is -0.689. The van der Waals surface area contributed by atoms with Gasteiger partial charge in [0.25, 0.3) is 0 Å². The summed E-state index contributed by atoms with van der Waals surface area (Å²) in [5.41, 5.74) is 1.12. The van der Waals surface area contributed by atoms with Crippen molar-refractivity contribution in [2.75, 3.05) is 13.7 Å². The molecule has 120 valence electrons. The van der Waals surface area contributed by atoms with Crippen LogP contribution in [-0.2, 0) is 9.53 Å². The molecular weight excluding hydrogens is 284 g/mol. The molecule has 2 unspecified atom stereocenters. The van der Waals surface area contributed by atoms with Crippen molar-refractivity contribution >= 4 is 11.9 Å². The molecule has 0 saturated heterocycles. The maximum absolute atomic E-state index is 11.9. The molecule has 0 amide bonds. The molecule has 0 spiro atoms. The van der Waals surface area contributed by atoms with Crippen LogP contribution >= 0.6 is 0 Å². The van der Waals surface area contributed by atoms with E-state index in [1.165, 1.54) is 7.11 Å². The fraction of sp³-hybridized carbons (Fsp3) is 0.529. The van der Waals surface area contributed by atoms with Gasteiger partial charge in [0.05, 0.1) is 19.6 Å². The Morgan fingerprint density at radius 1 is 1.32 bits per heavy atom. The zero-order valence-electron chi connectivity index (χ0n) is 13.0. The molecule has 5 nitrogen and oxygen atoms in total. The Hall–Kier alpha value is -2.04. The lowest BCUT2D eigenvalue weighted by Crippen LogP contribution is -2.24. The summed E-state index contributed by atoms with van der Waals surface area (Å²) in [4.78, 5) is 23.2. The number of carboxylic acids is 1. The third-order valence-corrected chi connectivity index (χ3v) is 4.22. The lowest BCUT2D eigenvalue weighted by Gasteiger charge is -2.28. The number of aromatic carboxylic acids is 1. The number of carboxylic acid groups (broad SMARTS) is 1. The molecule has 0 bridgehead atoms. The average molecular weight is 306 g/mol. The Labute approximate surface area is 130 Å². The monoisotopic (exact) mass is 306 g/mol. The van der Waals surface area contributed by atoms with Gasteiger partial charge >= 0.3 is 11.9 Å². The standard InChI is InChI=1S/C17H22O5/c1-3-22-17(20)13-6-4-5-11(9-13)12-7-8-15(21-2)14(10-12)16(18)19/h7-8,10-11,13H,3-6,9H2,1-2H3,(H,18,19). The van der Waals surface area contributed by atoms with E-state index in [2.05, 4.69) is 0 Å². The Kier molecular flexibility index (Phi) is 5.41. The fourth-order valence-corrected chi connectivity index (χ4v) is 3.11. The molecule has 2 rings (SSSR count). The van der Waals surface area contributed by atoms with Crippen LogP contribution in [0.25, 0.3) is 0 Å². The first-order chi connectivity index (χ1) is 10.6. The number of methoxy groups -OCH3 is 1. The molecule has 22 heavy (non-hydrogen) atoms. The van der Waals surface area contributed by atoms with Crippen molar-refractivity contribution in [3.05, 3.63) is 29.3 Å². The van der Waals surface area contributed by atoms with Gasteiger partial charge in [-0.1, -0.05) is 12.5 Å². The number of benzene rings is 1. The second-order valence-electron chi connectivity index (χ2n) is 5.58.